The fourth-order valence-electron chi connectivity index (χ4n) is 4.73. The average Bonchev–Trinajstić information content (AvgIpc) is 3.52. The number of benzene rings is 1. The van der Waals surface area contributed by atoms with Crippen LogP contribution in [0.5, 0.6) is 0 Å². The molecule has 0 aliphatic carbocycles. The van der Waals surface area contributed by atoms with Gasteiger partial charge in [0.25, 0.3) is 0 Å². The van der Waals surface area contributed by atoms with E-state index < -0.39 is 73.6 Å². The predicted octanol–water partition coefficient (Wildman–Crippen LogP) is 1.78. The molecule has 5 rings (SSSR count). The first-order valence-electron chi connectivity index (χ1n) is 11.6. The van der Waals surface area contributed by atoms with Crippen molar-refractivity contribution in [2.45, 2.75) is 48.6 Å². The molecule has 0 amide bonds. The Balaban J connectivity index is 1.43. The molecule has 5 atom stereocenters. The van der Waals surface area contributed by atoms with Gasteiger partial charge in [-0.05, 0) is 28.1 Å². The van der Waals surface area contributed by atoms with Crippen LogP contribution in [0, 0.1) is 11.6 Å². The van der Waals surface area contributed by atoms with Gasteiger partial charge >= 0.3 is 6.18 Å². The van der Waals surface area contributed by atoms with Crippen LogP contribution >= 0.6 is 15.9 Å². The lowest BCUT2D eigenvalue weighted by molar-refractivity contribution is -0.294. The van der Waals surface area contributed by atoms with Crippen molar-refractivity contribution in [1.82, 2.24) is 30.0 Å². The molecule has 39 heavy (non-hydrogen) atoms. The molecule has 1 aromatic carbocycles. The van der Waals surface area contributed by atoms with E-state index in [0.717, 1.165) is 6.20 Å². The fourth-order valence-corrected chi connectivity index (χ4v) is 5.03. The van der Waals surface area contributed by atoms with E-state index in [1.807, 2.05) is 0 Å². The van der Waals surface area contributed by atoms with Crippen LogP contribution in [0.3, 0.4) is 0 Å². The van der Waals surface area contributed by atoms with Gasteiger partial charge in [-0.2, -0.15) is 13.2 Å². The first-order valence-corrected chi connectivity index (χ1v) is 12.4. The van der Waals surface area contributed by atoms with Crippen LogP contribution in [0.25, 0.3) is 11.3 Å². The van der Waals surface area contributed by atoms with Crippen molar-refractivity contribution in [2.24, 2.45) is 0 Å². The van der Waals surface area contributed by atoms with E-state index in [9.17, 15) is 32.2 Å². The molecule has 11 nitrogen and oxygen atoms in total. The Hall–Kier alpha value is -2.57. The second kappa shape index (κ2) is 10.4. The molecular formula is C22H22BrF5N6O5. The minimum Gasteiger partial charge on any atom is -0.394 e. The highest BCUT2D eigenvalue weighted by molar-refractivity contribution is 9.10. The molecule has 2 N–H and O–H groups in total. The lowest BCUT2D eigenvalue weighted by Crippen LogP contribution is -2.61. The molecule has 0 bridgehead atoms. The number of rotatable bonds is 7. The lowest BCUT2D eigenvalue weighted by Gasteiger charge is -2.43. The van der Waals surface area contributed by atoms with E-state index in [1.165, 1.54) is 30.1 Å². The minimum absolute atomic E-state index is 0.0346. The van der Waals surface area contributed by atoms with Gasteiger partial charge in [0.15, 0.2) is 11.6 Å². The molecule has 2 fully saturated rings. The summed E-state index contributed by atoms with van der Waals surface area (Å²) in [5, 5.41) is 36.2. The number of methoxy groups -OCH3 is 1. The molecule has 0 unspecified atom stereocenters. The molecule has 0 radical (unpaired) electrons. The molecule has 2 aliphatic rings. The number of alkyl halides is 3. The van der Waals surface area contributed by atoms with Crippen molar-refractivity contribution in [3.63, 3.8) is 0 Å². The standard InChI is InChI=1S/C22H22BrF5N6O5/c1-37-20-14(4-10-5-34(32-29-10)21(8-38-9-21)22(26,27)28)39-15(7-35)19(36)18(20)33-6-13(30-31-33)11-2-3-12(23)17(25)16(11)24/h2-3,5-6,14-15,18-20,35-36H,4,7-9H2,1H3/t14-,15-,18+,19+,20+/m1/s1. The number of aliphatic hydroxyl groups excluding tert-OH is 2. The van der Waals surface area contributed by atoms with Crippen LogP contribution in [-0.4, -0.2) is 97.7 Å². The predicted molar refractivity (Wildman–Crippen MR) is 123 cm³/mol. The van der Waals surface area contributed by atoms with Crippen LogP contribution in [0.2, 0.25) is 0 Å². The highest BCUT2D eigenvalue weighted by Crippen LogP contribution is 2.42. The molecule has 2 aliphatic heterocycles. The van der Waals surface area contributed by atoms with Gasteiger partial charge in [-0.1, -0.05) is 10.4 Å². The number of halogens is 6. The SMILES string of the molecule is CO[C@@H]1[C@@H](n2cc(-c3ccc(Br)c(F)c3F)nn2)[C@@H](O)[C@@H](CO)O[C@@H]1Cc1cn(C2(C(F)(F)F)COC2)nn1. The molecule has 0 saturated carbocycles. The van der Waals surface area contributed by atoms with Gasteiger partial charge in [0.05, 0.1) is 42.3 Å². The van der Waals surface area contributed by atoms with E-state index in [2.05, 4.69) is 36.6 Å². The minimum atomic E-state index is -4.62. The molecule has 4 heterocycles. The van der Waals surface area contributed by atoms with Gasteiger partial charge in [0, 0.05) is 25.3 Å². The normalized spacial score (nSPS) is 26.9. The highest BCUT2D eigenvalue weighted by atomic mass is 79.9. The van der Waals surface area contributed by atoms with Crippen molar-refractivity contribution < 1.29 is 46.4 Å². The zero-order chi connectivity index (χ0) is 28.1. The number of aliphatic hydroxyl groups is 2. The number of hydrogen-bond donors (Lipinski definition) is 2. The van der Waals surface area contributed by atoms with Crippen LogP contribution in [0.15, 0.2) is 29.0 Å². The number of hydrogen-bond acceptors (Lipinski definition) is 9. The molecule has 17 heteroatoms. The van der Waals surface area contributed by atoms with Gasteiger partial charge in [0.1, 0.15) is 30.0 Å². The van der Waals surface area contributed by atoms with Crippen molar-refractivity contribution in [2.75, 3.05) is 26.9 Å². The van der Waals surface area contributed by atoms with E-state index in [1.54, 1.807) is 0 Å². The van der Waals surface area contributed by atoms with Crippen LogP contribution < -0.4 is 0 Å². The Kier molecular flexibility index (Phi) is 7.49. The second-order valence-corrected chi connectivity index (χ2v) is 10.1. The third kappa shape index (κ3) is 4.74. The number of ether oxygens (including phenoxy) is 3. The number of nitrogens with zero attached hydrogens (tertiary/aromatic N) is 6. The van der Waals surface area contributed by atoms with Crippen molar-refractivity contribution in [1.29, 1.82) is 0 Å². The second-order valence-electron chi connectivity index (χ2n) is 9.26. The monoisotopic (exact) mass is 624 g/mol. The molecule has 212 valence electrons. The topological polar surface area (TPSA) is 130 Å². The van der Waals surface area contributed by atoms with E-state index in [0.29, 0.717) is 4.68 Å². The summed E-state index contributed by atoms with van der Waals surface area (Å²) in [6.07, 6.45) is -6.73. The molecule has 2 saturated heterocycles. The Morgan fingerprint density at radius 3 is 2.49 bits per heavy atom. The van der Waals surface area contributed by atoms with Crippen LogP contribution in [-0.2, 0) is 26.2 Å². The van der Waals surface area contributed by atoms with Gasteiger partial charge in [-0.25, -0.2) is 18.1 Å². The van der Waals surface area contributed by atoms with E-state index >= 15 is 0 Å². The summed E-state index contributed by atoms with van der Waals surface area (Å²) in [7, 11) is 1.32. The van der Waals surface area contributed by atoms with Crippen molar-refractivity contribution >= 4 is 15.9 Å². The van der Waals surface area contributed by atoms with Crippen LogP contribution in [0.4, 0.5) is 22.0 Å². The third-order valence-electron chi connectivity index (χ3n) is 6.96. The molecular weight excluding hydrogens is 603 g/mol. The van der Waals surface area contributed by atoms with Crippen LogP contribution in [0.1, 0.15) is 11.7 Å². The summed E-state index contributed by atoms with van der Waals surface area (Å²) in [5.74, 6) is -2.27. The van der Waals surface area contributed by atoms with Gasteiger partial charge in [0.2, 0.25) is 5.54 Å². The van der Waals surface area contributed by atoms with Gasteiger partial charge in [-0.15, -0.1) is 10.2 Å². The average molecular weight is 625 g/mol. The summed E-state index contributed by atoms with van der Waals surface area (Å²) < 4.78 is 87.6. The summed E-state index contributed by atoms with van der Waals surface area (Å²) in [5.41, 5.74) is -2.40. The highest BCUT2D eigenvalue weighted by Gasteiger charge is 2.62. The maximum Gasteiger partial charge on any atom is 0.418 e. The van der Waals surface area contributed by atoms with Gasteiger partial charge in [-0.3, -0.25) is 0 Å². The zero-order valence-electron chi connectivity index (χ0n) is 20.1. The van der Waals surface area contributed by atoms with Gasteiger partial charge < -0.3 is 24.4 Å². The lowest BCUT2D eigenvalue weighted by atomic mass is 9.90. The van der Waals surface area contributed by atoms with E-state index in [-0.39, 0.29) is 27.8 Å². The number of aromatic nitrogens is 6. The Morgan fingerprint density at radius 2 is 1.87 bits per heavy atom. The summed E-state index contributed by atoms with van der Waals surface area (Å²) in [6, 6.07) is 1.57. The van der Waals surface area contributed by atoms with Crippen molar-refractivity contribution in [3.8, 4) is 11.3 Å². The third-order valence-corrected chi connectivity index (χ3v) is 7.57. The Morgan fingerprint density at radius 1 is 1.13 bits per heavy atom. The summed E-state index contributed by atoms with van der Waals surface area (Å²) in [6.45, 7) is -1.81. The summed E-state index contributed by atoms with van der Waals surface area (Å²) >= 11 is 2.91. The summed E-state index contributed by atoms with van der Waals surface area (Å²) in [4.78, 5) is 0. The molecule has 0 spiro atoms. The smallest absolute Gasteiger partial charge is 0.394 e. The zero-order valence-corrected chi connectivity index (χ0v) is 21.7. The quantitative estimate of drug-likeness (QED) is 0.298. The molecule has 3 aromatic rings. The van der Waals surface area contributed by atoms with Crippen molar-refractivity contribution in [3.05, 3.63) is 46.3 Å². The first-order chi connectivity index (χ1) is 18.5. The Labute approximate surface area is 225 Å². The maximum absolute atomic E-state index is 14.5. The fraction of sp³-hybridized carbons (Fsp3) is 0.545. The largest absolute Gasteiger partial charge is 0.418 e. The molecule has 2 aromatic heterocycles. The Bertz CT molecular complexity index is 1330. The van der Waals surface area contributed by atoms with E-state index in [4.69, 9.17) is 14.2 Å². The first kappa shape index (κ1) is 28.0. The maximum atomic E-state index is 14.5.